The molecule has 2 aromatic carbocycles. The normalized spacial score (nSPS) is 20.3. The Kier molecular flexibility index (Phi) is 6.62. The second-order valence-electron chi connectivity index (χ2n) is 8.83. The minimum absolute atomic E-state index is 0.0614. The predicted octanol–water partition coefficient (Wildman–Crippen LogP) is 7.28. The molecule has 0 saturated heterocycles. The molecule has 0 N–H and O–H groups in total. The van der Waals surface area contributed by atoms with Crippen molar-refractivity contribution < 1.29 is 14.3 Å². The molecule has 6 heteroatoms. The van der Waals surface area contributed by atoms with Crippen molar-refractivity contribution in [2.45, 2.75) is 32.6 Å². The molecule has 1 aliphatic carbocycles. The van der Waals surface area contributed by atoms with Crippen LogP contribution in [-0.4, -0.2) is 24.9 Å². The van der Waals surface area contributed by atoms with Gasteiger partial charge in [-0.2, -0.15) is 0 Å². The zero-order chi connectivity index (χ0) is 23.0. The molecule has 0 spiro atoms. The minimum atomic E-state index is -0.399. The van der Waals surface area contributed by atoms with Gasteiger partial charge in [0.15, 0.2) is 11.6 Å². The van der Waals surface area contributed by atoms with Crippen LogP contribution < -0.4 is 4.74 Å². The molecule has 3 nitrogen and oxygen atoms in total. The molecule has 0 amide bonds. The van der Waals surface area contributed by atoms with Crippen molar-refractivity contribution in [2.24, 2.45) is 5.41 Å². The lowest BCUT2D eigenvalue weighted by molar-refractivity contribution is -0.118. The van der Waals surface area contributed by atoms with Gasteiger partial charge >= 0.3 is 0 Å². The number of thioether (sulfide) groups is 2. The van der Waals surface area contributed by atoms with E-state index in [0.29, 0.717) is 28.3 Å². The molecule has 0 aromatic heterocycles. The third kappa shape index (κ3) is 4.43. The average Bonchev–Trinajstić information content (AvgIpc) is 2.77. The van der Waals surface area contributed by atoms with Crippen LogP contribution in [0.15, 0.2) is 68.8 Å². The van der Waals surface area contributed by atoms with Gasteiger partial charge in [-0.25, -0.2) is 0 Å². The molecule has 166 valence electrons. The Morgan fingerprint density at radius 1 is 1.09 bits per heavy atom. The molecule has 4 rings (SSSR count). The summed E-state index contributed by atoms with van der Waals surface area (Å²) in [6.45, 7) is 4.26. The largest absolute Gasteiger partial charge is 0.497 e. The molecule has 0 bridgehead atoms. The summed E-state index contributed by atoms with van der Waals surface area (Å²) in [5.41, 5.74) is 2.85. The fourth-order valence-corrected chi connectivity index (χ4v) is 6.92. The summed E-state index contributed by atoms with van der Waals surface area (Å²) in [5.74, 6) is 0.365. The van der Waals surface area contributed by atoms with Gasteiger partial charge in [0.05, 0.1) is 11.3 Å². The van der Waals surface area contributed by atoms with Crippen molar-refractivity contribution in [3.63, 3.8) is 0 Å². The summed E-state index contributed by atoms with van der Waals surface area (Å²) in [6.07, 6.45) is 3.30. The standard InChI is InChI=1S/C26H25ClO3S2/c1-26(2)13-19(28)22-20(14-26)32-25(31-4)23(21(22)15-5-9-17(27)10-6-15)24(29)16-7-11-18(30-3)12-8-16/h5-12,21H,13-14H2,1-4H3. The summed E-state index contributed by atoms with van der Waals surface area (Å²) in [7, 11) is 1.60. The maximum absolute atomic E-state index is 13.8. The Labute approximate surface area is 202 Å². The van der Waals surface area contributed by atoms with Crippen LogP contribution in [0.25, 0.3) is 0 Å². The van der Waals surface area contributed by atoms with Gasteiger partial charge < -0.3 is 4.74 Å². The van der Waals surface area contributed by atoms with Crippen LogP contribution in [0.2, 0.25) is 5.02 Å². The first-order valence-corrected chi connectivity index (χ1v) is 12.8. The molecule has 0 saturated carbocycles. The minimum Gasteiger partial charge on any atom is -0.497 e. The van der Waals surface area contributed by atoms with E-state index < -0.39 is 5.92 Å². The number of methoxy groups -OCH3 is 1. The van der Waals surface area contributed by atoms with E-state index >= 15 is 0 Å². The predicted molar refractivity (Wildman–Crippen MR) is 135 cm³/mol. The lowest BCUT2D eigenvalue weighted by Gasteiger charge is -2.39. The molecule has 0 fully saturated rings. The number of hydrogen-bond donors (Lipinski definition) is 0. The first-order valence-electron chi connectivity index (χ1n) is 10.4. The van der Waals surface area contributed by atoms with Gasteiger partial charge in [-0.1, -0.05) is 49.3 Å². The van der Waals surface area contributed by atoms with Crippen LogP contribution in [0, 0.1) is 5.41 Å². The Balaban J connectivity index is 1.89. The maximum Gasteiger partial charge on any atom is 0.191 e. The number of carbonyl (C=O) groups excluding carboxylic acids is 2. The van der Waals surface area contributed by atoms with Crippen molar-refractivity contribution in [1.29, 1.82) is 0 Å². The summed E-state index contributed by atoms with van der Waals surface area (Å²) in [4.78, 5) is 28.4. The van der Waals surface area contributed by atoms with Crippen LogP contribution in [0.1, 0.15) is 48.5 Å². The highest BCUT2D eigenvalue weighted by Gasteiger charge is 2.43. The van der Waals surface area contributed by atoms with Gasteiger partial charge in [0, 0.05) is 34.1 Å². The molecule has 2 aliphatic rings. The van der Waals surface area contributed by atoms with Gasteiger partial charge in [0.2, 0.25) is 0 Å². The molecular formula is C26H25ClO3S2. The average molecular weight is 485 g/mol. The molecule has 1 unspecified atom stereocenters. The first kappa shape index (κ1) is 23.2. The van der Waals surface area contributed by atoms with E-state index in [2.05, 4.69) is 13.8 Å². The van der Waals surface area contributed by atoms with Gasteiger partial charge in [0.1, 0.15) is 5.75 Å². The summed E-state index contributed by atoms with van der Waals surface area (Å²) < 4.78 is 6.20. The highest BCUT2D eigenvalue weighted by Crippen LogP contribution is 2.56. The SMILES string of the molecule is COc1ccc(C(=O)C2=C(SC)SC3=C(C(=O)CC(C)(C)C3)C2c2ccc(Cl)cc2)cc1. The van der Waals surface area contributed by atoms with E-state index in [0.717, 1.165) is 26.7 Å². The van der Waals surface area contributed by atoms with Crippen molar-refractivity contribution in [3.8, 4) is 5.75 Å². The smallest absolute Gasteiger partial charge is 0.191 e. The molecule has 1 aliphatic heterocycles. The van der Waals surface area contributed by atoms with E-state index in [1.54, 1.807) is 54.9 Å². The number of halogens is 1. The third-order valence-electron chi connectivity index (χ3n) is 5.88. The molecular weight excluding hydrogens is 460 g/mol. The topological polar surface area (TPSA) is 43.4 Å². The van der Waals surface area contributed by atoms with Crippen LogP contribution in [-0.2, 0) is 4.79 Å². The molecule has 0 radical (unpaired) electrons. The van der Waals surface area contributed by atoms with Crippen molar-refractivity contribution in [3.05, 3.63) is 85.0 Å². The first-order chi connectivity index (χ1) is 15.2. The highest BCUT2D eigenvalue weighted by atomic mass is 35.5. The van der Waals surface area contributed by atoms with E-state index in [9.17, 15) is 9.59 Å². The number of rotatable bonds is 5. The van der Waals surface area contributed by atoms with E-state index in [4.69, 9.17) is 16.3 Å². The van der Waals surface area contributed by atoms with Gasteiger partial charge in [-0.05, 0) is 65.0 Å². The number of carbonyl (C=O) groups is 2. The second kappa shape index (κ2) is 9.12. The van der Waals surface area contributed by atoms with Crippen molar-refractivity contribution >= 4 is 46.7 Å². The van der Waals surface area contributed by atoms with Crippen LogP contribution >= 0.6 is 35.1 Å². The molecule has 1 heterocycles. The molecule has 32 heavy (non-hydrogen) atoms. The number of hydrogen-bond acceptors (Lipinski definition) is 5. The second-order valence-corrected chi connectivity index (χ2v) is 11.4. The third-order valence-corrected chi connectivity index (χ3v) is 8.49. The zero-order valence-corrected chi connectivity index (χ0v) is 20.9. The van der Waals surface area contributed by atoms with E-state index in [1.807, 2.05) is 30.5 Å². The van der Waals surface area contributed by atoms with Gasteiger partial charge in [-0.3, -0.25) is 9.59 Å². The molecule has 1 atom stereocenters. The highest BCUT2D eigenvalue weighted by molar-refractivity contribution is 8.23. The van der Waals surface area contributed by atoms with E-state index in [1.165, 1.54) is 0 Å². The zero-order valence-electron chi connectivity index (χ0n) is 18.5. The number of ether oxygens (including phenoxy) is 1. The van der Waals surface area contributed by atoms with E-state index in [-0.39, 0.29) is 17.0 Å². The van der Waals surface area contributed by atoms with Gasteiger partial charge in [0.25, 0.3) is 0 Å². The fourth-order valence-electron chi connectivity index (χ4n) is 4.38. The summed E-state index contributed by atoms with van der Waals surface area (Å²) in [5, 5.41) is 0.626. The lowest BCUT2D eigenvalue weighted by Crippen LogP contribution is -2.31. The summed E-state index contributed by atoms with van der Waals surface area (Å²) >= 11 is 9.32. The number of ketones is 2. The van der Waals surface area contributed by atoms with Gasteiger partial charge in [-0.15, -0.1) is 11.8 Å². The van der Waals surface area contributed by atoms with Crippen LogP contribution in [0.4, 0.5) is 0 Å². The Morgan fingerprint density at radius 3 is 2.34 bits per heavy atom. The van der Waals surface area contributed by atoms with Crippen molar-refractivity contribution in [2.75, 3.05) is 13.4 Å². The fraction of sp³-hybridized carbons (Fsp3) is 0.308. The number of Topliss-reactive ketones (excluding diaryl/α,β-unsaturated/α-hetero) is 2. The number of benzene rings is 2. The number of allylic oxidation sites excluding steroid dienone is 3. The van der Waals surface area contributed by atoms with Crippen molar-refractivity contribution in [1.82, 2.24) is 0 Å². The Hall–Kier alpha value is -1.95. The Bertz CT molecular complexity index is 1130. The maximum atomic E-state index is 13.8. The quantitative estimate of drug-likeness (QED) is 0.417. The summed E-state index contributed by atoms with van der Waals surface area (Å²) in [6, 6.07) is 14.7. The van der Waals surface area contributed by atoms with Crippen LogP contribution in [0.3, 0.4) is 0 Å². The Morgan fingerprint density at radius 2 is 1.75 bits per heavy atom. The van der Waals surface area contributed by atoms with Crippen LogP contribution in [0.5, 0.6) is 5.75 Å². The molecule has 2 aromatic rings. The lowest BCUT2D eigenvalue weighted by atomic mass is 9.71. The monoisotopic (exact) mass is 484 g/mol.